The highest BCUT2D eigenvalue weighted by Crippen LogP contribution is 2.23. The number of benzene rings is 2. The smallest absolute Gasteiger partial charge is 0.224 e. The number of hydrogen-bond donors (Lipinski definition) is 1. The van der Waals surface area contributed by atoms with E-state index in [4.69, 9.17) is 4.74 Å². The molecule has 21 heavy (non-hydrogen) atoms. The number of rotatable bonds is 6. The Labute approximate surface area is 131 Å². The number of amides is 1. The summed E-state index contributed by atoms with van der Waals surface area (Å²) in [4.78, 5) is 11.7. The van der Waals surface area contributed by atoms with Gasteiger partial charge in [0, 0.05) is 0 Å². The van der Waals surface area contributed by atoms with Crippen molar-refractivity contribution in [3.8, 4) is 5.75 Å². The van der Waals surface area contributed by atoms with E-state index in [1.807, 2.05) is 24.3 Å². The Balaban J connectivity index is 1.70. The third-order valence-corrected chi connectivity index (χ3v) is 3.45. The van der Waals surface area contributed by atoms with Crippen molar-refractivity contribution >= 4 is 21.8 Å². The molecule has 0 aliphatic rings. The van der Waals surface area contributed by atoms with Crippen LogP contribution in [0.15, 0.2) is 53.0 Å². The van der Waals surface area contributed by atoms with Crippen LogP contribution in [0.4, 0.5) is 4.39 Å². The maximum absolute atomic E-state index is 12.7. The SMILES string of the molecule is O=C(Cc1ccc(F)cc1)NCCOc1ccccc1Br. The zero-order valence-corrected chi connectivity index (χ0v) is 12.9. The summed E-state index contributed by atoms with van der Waals surface area (Å²) in [7, 11) is 0. The van der Waals surface area contributed by atoms with Crippen molar-refractivity contribution in [2.75, 3.05) is 13.2 Å². The fourth-order valence-corrected chi connectivity index (χ4v) is 2.16. The normalized spacial score (nSPS) is 10.2. The molecule has 0 aliphatic carbocycles. The molecule has 0 unspecified atom stereocenters. The van der Waals surface area contributed by atoms with Crippen LogP contribution in [0.5, 0.6) is 5.75 Å². The van der Waals surface area contributed by atoms with Gasteiger partial charge < -0.3 is 10.1 Å². The highest BCUT2D eigenvalue weighted by Gasteiger charge is 2.04. The minimum absolute atomic E-state index is 0.114. The van der Waals surface area contributed by atoms with Crippen molar-refractivity contribution in [3.05, 3.63) is 64.4 Å². The van der Waals surface area contributed by atoms with E-state index in [0.717, 1.165) is 15.8 Å². The van der Waals surface area contributed by atoms with E-state index in [1.165, 1.54) is 12.1 Å². The molecule has 0 atom stereocenters. The van der Waals surface area contributed by atoms with Gasteiger partial charge in [-0.1, -0.05) is 24.3 Å². The van der Waals surface area contributed by atoms with E-state index in [1.54, 1.807) is 12.1 Å². The van der Waals surface area contributed by atoms with E-state index in [0.29, 0.717) is 13.2 Å². The Morgan fingerprint density at radius 2 is 1.86 bits per heavy atom. The van der Waals surface area contributed by atoms with Crippen LogP contribution >= 0.6 is 15.9 Å². The van der Waals surface area contributed by atoms with Gasteiger partial charge in [-0.05, 0) is 45.8 Å². The van der Waals surface area contributed by atoms with Gasteiger partial charge in [0.1, 0.15) is 18.2 Å². The van der Waals surface area contributed by atoms with Gasteiger partial charge >= 0.3 is 0 Å². The van der Waals surface area contributed by atoms with Gasteiger partial charge in [-0.3, -0.25) is 4.79 Å². The van der Waals surface area contributed by atoms with Crippen LogP contribution in [0.1, 0.15) is 5.56 Å². The van der Waals surface area contributed by atoms with E-state index >= 15 is 0 Å². The Bertz CT molecular complexity index is 601. The molecular weight excluding hydrogens is 337 g/mol. The zero-order chi connectivity index (χ0) is 15.1. The van der Waals surface area contributed by atoms with Crippen LogP contribution < -0.4 is 10.1 Å². The van der Waals surface area contributed by atoms with Gasteiger partial charge in [0.15, 0.2) is 0 Å². The summed E-state index contributed by atoms with van der Waals surface area (Å²) < 4.78 is 19.2. The summed E-state index contributed by atoms with van der Waals surface area (Å²) in [6, 6.07) is 13.4. The zero-order valence-electron chi connectivity index (χ0n) is 11.3. The first kappa shape index (κ1) is 15.5. The fraction of sp³-hybridized carbons (Fsp3) is 0.188. The first-order chi connectivity index (χ1) is 10.1. The summed E-state index contributed by atoms with van der Waals surface area (Å²) >= 11 is 3.38. The number of hydrogen-bond acceptors (Lipinski definition) is 2. The lowest BCUT2D eigenvalue weighted by molar-refractivity contribution is -0.120. The molecule has 1 N–H and O–H groups in total. The number of ether oxygens (including phenoxy) is 1. The van der Waals surface area contributed by atoms with Crippen molar-refractivity contribution in [3.63, 3.8) is 0 Å². The number of carbonyl (C=O) groups excluding carboxylic acids is 1. The molecule has 0 heterocycles. The largest absolute Gasteiger partial charge is 0.491 e. The van der Waals surface area contributed by atoms with Gasteiger partial charge in [0.25, 0.3) is 0 Å². The molecule has 3 nitrogen and oxygen atoms in total. The molecule has 0 bridgehead atoms. The Morgan fingerprint density at radius 1 is 1.14 bits per heavy atom. The highest BCUT2D eigenvalue weighted by molar-refractivity contribution is 9.10. The number of halogens is 2. The molecule has 110 valence electrons. The second kappa shape index (κ2) is 7.78. The first-order valence-corrected chi connectivity index (χ1v) is 7.33. The molecular formula is C16H15BrFNO2. The lowest BCUT2D eigenvalue weighted by atomic mass is 10.1. The van der Waals surface area contributed by atoms with Gasteiger partial charge in [-0.25, -0.2) is 4.39 Å². The van der Waals surface area contributed by atoms with Crippen molar-refractivity contribution < 1.29 is 13.9 Å². The van der Waals surface area contributed by atoms with E-state index < -0.39 is 0 Å². The summed E-state index contributed by atoms with van der Waals surface area (Å²) in [5.74, 6) is 0.323. The summed E-state index contributed by atoms with van der Waals surface area (Å²) in [5.41, 5.74) is 0.778. The predicted molar refractivity (Wildman–Crippen MR) is 82.8 cm³/mol. The molecule has 0 aromatic heterocycles. The standard InChI is InChI=1S/C16H15BrFNO2/c17-14-3-1-2-4-15(14)21-10-9-19-16(20)11-12-5-7-13(18)8-6-12/h1-8H,9-11H2,(H,19,20). The average molecular weight is 352 g/mol. The molecule has 1 amide bonds. The summed E-state index contributed by atoms with van der Waals surface area (Å²) in [5, 5.41) is 2.76. The topological polar surface area (TPSA) is 38.3 Å². The quantitative estimate of drug-likeness (QED) is 0.810. The molecule has 0 spiro atoms. The molecule has 5 heteroatoms. The molecule has 0 saturated heterocycles. The minimum Gasteiger partial charge on any atom is -0.491 e. The highest BCUT2D eigenvalue weighted by atomic mass is 79.9. The van der Waals surface area contributed by atoms with Crippen LogP contribution in [0.2, 0.25) is 0 Å². The van der Waals surface area contributed by atoms with Crippen molar-refractivity contribution in [2.24, 2.45) is 0 Å². The van der Waals surface area contributed by atoms with E-state index in [2.05, 4.69) is 21.2 Å². The third-order valence-electron chi connectivity index (χ3n) is 2.80. The Morgan fingerprint density at radius 3 is 2.57 bits per heavy atom. The monoisotopic (exact) mass is 351 g/mol. The molecule has 0 fully saturated rings. The van der Waals surface area contributed by atoms with Crippen LogP contribution in [0.3, 0.4) is 0 Å². The molecule has 2 aromatic carbocycles. The molecule has 0 aliphatic heterocycles. The minimum atomic E-state index is -0.305. The van der Waals surface area contributed by atoms with Gasteiger partial charge in [-0.2, -0.15) is 0 Å². The average Bonchev–Trinajstić information content (AvgIpc) is 2.48. The first-order valence-electron chi connectivity index (χ1n) is 6.53. The summed E-state index contributed by atoms with van der Waals surface area (Å²) in [6.07, 6.45) is 0.231. The van der Waals surface area contributed by atoms with Crippen LogP contribution in [-0.4, -0.2) is 19.1 Å². The molecule has 0 radical (unpaired) electrons. The molecule has 2 aromatic rings. The van der Waals surface area contributed by atoms with Crippen LogP contribution in [0.25, 0.3) is 0 Å². The predicted octanol–water partition coefficient (Wildman–Crippen LogP) is 3.33. The second-order valence-electron chi connectivity index (χ2n) is 4.43. The maximum Gasteiger partial charge on any atom is 0.224 e. The molecule has 2 rings (SSSR count). The maximum atomic E-state index is 12.7. The number of para-hydroxylation sites is 1. The molecule has 0 saturated carbocycles. The summed E-state index contributed by atoms with van der Waals surface area (Å²) in [6.45, 7) is 0.805. The van der Waals surface area contributed by atoms with Crippen molar-refractivity contribution in [1.29, 1.82) is 0 Å². The Hall–Kier alpha value is -1.88. The van der Waals surface area contributed by atoms with E-state index in [9.17, 15) is 9.18 Å². The number of nitrogens with one attached hydrogen (secondary N) is 1. The lowest BCUT2D eigenvalue weighted by Gasteiger charge is -2.09. The van der Waals surface area contributed by atoms with Crippen molar-refractivity contribution in [2.45, 2.75) is 6.42 Å². The van der Waals surface area contributed by atoms with Gasteiger partial charge in [0.2, 0.25) is 5.91 Å². The van der Waals surface area contributed by atoms with E-state index in [-0.39, 0.29) is 18.1 Å². The van der Waals surface area contributed by atoms with Crippen molar-refractivity contribution in [1.82, 2.24) is 5.32 Å². The number of carbonyl (C=O) groups is 1. The fourth-order valence-electron chi connectivity index (χ4n) is 1.76. The second-order valence-corrected chi connectivity index (χ2v) is 5.29. The van der Waals surface area contributed by atoms with Crippen LogP contribution in [-0.2, 0) is 11.2 Å². The van der Waals surface area contributed by atoms with Crippen LogP contribution in [0, 0.1) is 5.82 Å². The Kier molecular flexibility index (Phi) is 5.75. The van der Waals surface area contributed by atoms with Gasteiger partial charge in [-0.15, -0.1) is 0 Å². The lowest BCUT2D eigenvalue weighted by Crippen LogP contribution is -2.29. The third kappa shape index (κ3) is 5.19. The van der Waals surface area contributed by atoms with Gasteiger partial charge in [0.05, 0.1) is 17.4 Å².